The predicted molar refractivity (Wildman–Crippen MR) is 113 cm³/mol. The van der Waals surface area contributed by atoms with Crippen LogP contribution in [0.1, 0.15) is 72.1 Å². The van der Waals surface area contributed by atoms with E-state index in [4.69, 9.17) is 0 Å². The zero-order valence-corrected chi connectivity index (χ0v) is 19.9. The zero-order chi connectivity index (χ0) is 18.8. The van der Waals surface area contributed by atoms with E-state index in [0.29, 0.717) is 5.92 Å². The van der Waals surface area contributed by atoms with E-state index in [9.17, 15) is 10.2 Å². The van der Waals surface area contributed by atoms with Gasteiger partial charge in [0.15, 0.2) is 0 Å². The molecule has 2 N–H and O–H groups in total. The molecule has 1 aliphatic carbocycles. The normalized spacial score (nSPS) is 21.8. The van der Waals surface area contributed by atoms with Gasteiger partial charge in [0.05, 0.1) is 0 Å². The fourth-order valence-electron chi connectivity index (χ4n) is 4.49. The molecule has 3 heteroatoms. The Labute approximate surface area is 160 Å². The molecule has 1 unspecified atom stereocenters. The van der Waals surface area contributed by atoms with Gasteiger partial charge in [0, 0.05) is 0 Å². The molecule has 0 aromatic heterocycles. The molecule has 0 saturated heterocycles. The van der Waals surface area contributed by atoms with E-state index in [1.807, 2.05) is 0 Å². The number of allylic oxidation sites excluding steroid dienone is 2. The van der Waals surface area contributed by atoms with Crippen LogP contribution in [-0.2, 0) is 0 Å². The summed E-state index contributed by atoms with van der Waals surface area (Å²) in [7, 11) is 0. The van der Waals surface area contributed by atoms with Gasteiger partial charge in [0.1, 0.15) is 0 Å². The molecule has 0 aliphatic heterocycles. The Morgan fingerprint density at radius 2 is 1.48 bits per heavy atom. The number of unbranched alkanes of at least 4 members (excludes halogenated alkanes) is 3. The topological polar surface area (TPSA) is 40.5 Å². The molecule has 1 fully saturated rings. The molecular formula is C22H42O2Sn. The summed E-state index contributed by atoms with van der Waals surface area (Å²) >= 11 is -2.33. The van der Waals surface area contributed by atoms with Crippen molar-refractivity contribution in [2.45, 2.75) is 85.4 Å². The molecule has 0 amide bonds. The van der Waals surface area contributed by atoms with Crippen LogP contribution in [0, 0.1) is 11.3 Å². The summed E-state index contributed by atoms with van der Waals surface area (Å²) in [6.07, 6.45) is 11.8. The Kier molecular flexibility index (Phi) is 11.0. The van der Waals surface area contributed by atoms with Crippen molar-refractivity contribution < 1.29 is 10.2 Å². The fraction of sp³-hybridized carbons (Fsp3) is 0.818. The summed E-state index contributed by atoms with van der Waals surface area (Å²) in [6, 6.07) is 0. The molecular weight excluding hydrogens is 415 g/mol. The minimum atomic E-state index is -2.33. The molecule has 2 nitrogen and oxygen atoms in total. The van der Waals surface area contributed by atoms with Crippen LogP contribution in [0.2, 0.25) is 13.3 Å². The molecule has 0 heterocycles. The van der Waals surface area contributed by atoms with Crippen molar-refractivity contribution in [3.63, 3.8) is 0 Å². The van der Waals surface area contributed by atoms with Crippen molar-refractivity contribution in [1.29, 1.82) is 0 Å². The Balaban J connectivity index is 3.16. The third kappa shape index (κ3) is 6.70. The molecule has 1 atom stereocenters. The number of hydrogen-bond donors (Lipinski definition) is 2. The third-order valence-corrected chi connectivity index (χ3v) is 20.6. The van der Waals surface area contributed by atoms with Gasteiger partial charge in [-0.3, -0.25) is 0 Å². The third-order valence-electron chi connectivity index (χ3n) is 6.24. The van der Waals surface area contributed by atoms with Crippen LogP contribution in [0.15, 0.2) is 22.3 Å². The van der Waals surface area contributed by atoms with E-state index in [0.717, 1.165) is 12.8 Å². The minimum absolute atomic E-state index is 0.0899. The van der Waals surface area contributed by atoms with Crippen LogP contribution in [-0.4, -0.2) is 41.8 Å². The monoisotopic (exact) mass is 458 g/mol. The van der Waals surface area contributed by atoms with E-state index in [1.54, 1.807) is 0 Å². The number of rotatable bonds is 13. The first-order valence-electron chi connectivity index (χ1n) is 10.6. The van der Waals surface area contributed by atoms with E-state index in [-0.39, 0.29) is 18.6 Å². The quantitative estimate of drug-likeness (QED) is 0.268. The second-order valence-corrected chi connectivity index (χ2v) is 21.3. The maximum absolute atomic E-state index is 9.87. The van der Waals surface area contributed by atoms with Gasteiger partial charge in [0.25, 0.3) is 0 Å². The van der Waals surface area contributed by atoms with Crippen LogP contribution in [0.25, 0.3) is 0 Å². The second-order valence-electron chi connectivity index (χ2n) is 8.43. The van der Waals surface area contributed by atoms with Gasteiger partial charge in [-0.2, -0.15) is 0 Å². The zero-order valence-electron chi connectivity index (χ0n) is 17.0. The fourth-order valence-corrected chi connectivity index (χ4v) is 20.1. The van der Waals surface area contributed by atoms with Crippen molar-refractivity contribution in [3.05, 3.63) is 22.3 Å². The molecule has 1 saturated carbocycles. The average molecular weight is 457 g/mol. The maximum atomic E-state index is 9.87. The number of aliphatic hydroxyl groups is 2. The van der Waals surface area contributed by atoms with Crippen molar-refractivity contribution in [2.75, 3.05) is 13.2 Å². The number of aliphatic hydroxyl groups excluding tert-OH is 2. The first-order chi connectivity index (χ1) is 12.0. The van der Waals surface area contributed by atoms with E-state index < -0.39 is 18.4 Å². The Hall–Kier alpha value is 0.199. The summed E-state index contributed by atoms with van der Waals surface area (Å²) < 4.78 is 7.21. The van der Waals surface area contributed by atoms with Gasteiger partial charge in [-0.05, 0) is 0 Å². The summed E-state index contributed by atoms with van der Waals surface area (Å²) in [5.74, 6) is 0.361. The molecule has 0 bridgehead atoms. The summed E-state index contributed by atoms with van der Waals surface area (Å²) in [6.45, 7) is 11.2. The Bertz CT molecular complexity index is 390. The van der Waals surface area contributed by atoms with Gasteiger partial charge in [-0.1, -0.05) is 0 Å². The van der Waals surface area contributed by atoms with Gasteiger partial charge >= 0.3 is 161 Å². The van der Waals surface area contributed by atoms with Gasteiger partial charge < -0.3 is 0 Å². The van der Waals surface area contributed by atoms with Crippen LogP contribution in [0.4, 0.5) is 0 Å². The molecule has 1 rings (SSSR count). The first kappa shape index (κ1) is 23.2. The molecule has 0 radical (unpaired) electrons. The first-order valence-corrected chi connectivity index (χ1v) is 18.3. The van der Waals surface area contributed by atoms with Crippen molar-refractivity contribution in [3.8, 4) is 0 Å². The second kappa shape index (κ2) is 11.8. The van der Waals surface area contributed by atoms with Crippen molar-refractivity contribution >= 4 is 18.4 Å². The van der Waals surface area contributed by atoms with E-state index in [1.165, 1.54) is 57.4 Å². The molecule has 0 aromatic rings. The van der Waals surface area contributed by atoms with Gasteiger partial charge in [-0.15, -0.1) is 0 Å². The van der Waals surface area contributed by atoms with Gasteiger partial charge in [-0.25, -0.2) is 0 Å². The molecule has 146 valence electrons. The van der Waals surface area contributed by atoms with Crippen LogP contribution >= 0.6 is 0 Å². The van der Waals surface area contributed by atoms with Gasteiger partial charge in [0.2, 0.25) is 0 Å². The Morgan fingerprint density at radius 3 is 1.84 bits per heavy atom. The Morgan fingerprint density at radius 1 is 1.00 bits per heavy atom. The molecule has 0 aromatic carbocycles. The van der Waals surface area contributed by atoms with Crippen LogP contribution < -0.4 is 0 Å². The van der Waals surface area contributed by atoms with Crippen molar-refractivity contribution in [1.82, 2.24) is 0 Å². The molecule has 25 heavy (non-hydrogen) atoms. The van der Waals surface area contributed by atoms with Crippen LogP contribution in [0.3, 0.4) is 0 Å². The summed E-state index contributed by atoms with van der Waals surface area (Å²) in [5.41, 5.74) is 1.19. The summed E-state index contributed by atoms with van der Waals surface area (Å²) in [5, 5.41) is 19.7. The average Bonchev–Trinajstić information content (AvgIpc) is 3.01. The van der Waals surface area contributed by atoms with Crippen molar-refractivity contribution in [2.24, 2.45) is 11.3 Å². The van der Waals surface area contributed by atoms with E-state index >= 15 is 0 Å². The number of hydrogen-bond acceptors (Lipinski definition) is 2. The van der Waals surface area contributed by atoms with E-state index in [2.05, 4.69) is 37.5 Å². The summed E-state index contributed by atoms with van der Waals surface area (Å²) in [4.78, 5) is 0. The SMILES string of the molecule is C=CC1CC(CO)(CO)C/C1=[CH]\[Sn]([CH2]CCC)([CH2]CCC)[CH2]CCC. The molecule has 0 spiro atoms. The molecule has 1 aliphatic rings. The standard InChI is InChI=1S/C10H15O2.3C4H9.Sn/c1-3-9-5-10(6-11,7-12)4-8(9)2;3*1-3-4-2;/h2-3,9,11-12H,1,4-7H2;3*1,3-4H2,2H3;. The van der Waals surface area contributed by atoms with Crippen LogP contribution in [0.5, 0.6) is 0 Å². The predicted octanol–water partition coefficient (Wildman–Crippen LogP) is 5.87.